The Morgan fingerprint density at radius 3 is 2.64 bits per heavy atom. The van der Waals surface area contributed by atoms with Crippen molar-refractivity contribution < 1.29 is 19.4 Å². The number of nitrogens with zero attached hydrogens (tertiary/aromatic N) is 3. The molecule has 4 atom stereocenters. The largest absolute Gasteiger partial charge is 0.481 e. The minimum atomic E-state index is -0.705. The van der Waals surface area contributed by atoms with Crippen LogP contribution in [0.2, 0.25) is 0 Å². The predicted molar refractivity (Wildman–Crippen MR) is 140 cm³/mol. The molecule has 7 nitrogen and oxygen atoms in total. The van der Waals surface area contributed by atoms with Gasteiger partial charge < -0.3 is 14.4 Å². The van der Waals surface area contributed by atoms with Gasteiger partial charge in [0.15, 0.2) is 0 Å². The van der Waals surface area contributed by atoms with Crippen LogP contribution in [0.1, 0.15) is 74.9 Å². The first-order valence-corrected chi connectivity index (χ1v) is 13.1. The lowest BCUT2D eigenvalue weighted by Crippen LogP contribution is -2.42. The number of hydrogen-bond donors (Lipinski definition) is 1. The molecule has 190 valence electrons. The van der Waals surface area contributed by atoms with Gasteiger partial charge in [-0.25, -0.2) is 9.78 Å². The number of aliphatic carboxylic acids is 1. The summed E-state index contributed by atoms with van der Waals surface area (Å²) in [4.78, 5) is 31.5. The van der Waals surface area contributed by atoms with Crippen molar-refractivity contribution >= 4 is 28.8 Å². The summed E-state index contributed by atoms with van der Waals surface area (Å²) >= 11 is 0. The number of carboxylic acid groups (broad SMARTS) is 1. The van der Waals surface area contributed by atoms with Gasteiger partial charge in [0.2, 0.25) is 0 Å². The topological polar surface area (TPSA) is 84.7 Å². The second-order valence-electron chi connectivity index (χ2n) is 10.4. The van der Waals surface area contributed by atoms with Gasteiger partial charge in [-0.1, -0.05) is 43.7 Å². The van der Waals surface area contributed by atoms with Crippen LogP contribution >= 0.6 is 0 Å². The van der Waals surface area contributed by atoms with Crippen molar-refractivity contribution in [3.05, 3.63) is 59.4 Å². The summed E-state index contributed by atoms with van der Waals surface area (Å²) in [5, 5.41) is 9.75. The highest BCUT2D eigenvalue weighted by Crippen LogP contribution is 2.42. The monoisotopic (exact) mass is 489 g/mol. The molecule has 1 aliphatic heterocycles. The Hall–Kier alpha value is -3.35. The number of anilines is 1. The summed E-state index contributed by atoms with van der Waals surface area (Å²) in [6.07, 6.45) is 5.38. The Labute approximate surface area is 212 Å². The van der Waals surface area contributed by atoms with Gasteiger partial charge in [0, 0.05) is 23.6 Å². The number of carbonyl (C=O) groups excluding carboxylic acids is 1. The SMILES string of the molecule is COC(=O)N1c2ccc3c(nc(C(C)Cc4ccccc4)n3[C@@H]3CCC[C@@H](C(=O)O)C3)c2CC[C@@H]1C. The van der Waals surface area contributed by atoms with Crippen LogP contribution in [-0.2, 0) is 22.4 Å². The fraction of sp³-hybridized carbons (Fsp3) is 0.483. The molecule has 0 bridgehead atoms. The lowest BCUT2D eigenvalue weighted by atomic mass is 9.85. The van der Waals surface area contributed by atoms with Crippen LogP contribution in [0.3, 0.4) is 0 Å². The molecule has 1 fully saturated rings. The van der Waals surface area contributed by atoms with Crippen LogP contribution in [0, 0.1) is 5.92 Å². The van der Waals surface area contributed by atoms with E-state index in [9.17, 15) is 14.7 Å². The van der Waals surface area contributed by atoms with Crippen LogP contribution in [0.15, 0.2) is 42.5 Å². The highest BCUT2D eigenvalue weighted by atomic mass is 16.5. The van der Waals surface area contributed by atoms with Crippen LogP contribution in [-0.4, -0.2) is 39.9 Å². The number of imidazole rings is 1. The van der Waals surface area contributed by atoms with Crippen LogP contribution in [0.4, 0.5) is 10.5 Å². The molecule has 2 heterocycles. The van der Waals surface area contributed by atoms with E-state index in [4.69, 9.17) is 9.72 Å². The molecule has 1 aromatic heterocycles. The zero-order valence-electron chi connectivity index (χ0n) is 21.3. The van der Waals surface area contributed by atoms with E-state index in [1.165, 1.54) is 12.7 Å². The van der Waals surface area contributed by atoms with Crippen molar-refractivity contribution in [1.82, 2.24) is 9.55 Å². The molecule has 1 aliphatic carbocycles. The van der Waals surface area contributed by atoms with E-state index in [2.05, 4.69) is 41.8 Å². The molecule has 1 N–H and O–H groups in total. The van der Waals surface area contributed by atoms with Gasteiger partial charge in [-0.15, -0.1) is 0 Å². The zero-order valence-corrected chi connectivity index (χ0v) is 21.3. The maximum atomic E-state index is 12.6. The van der Waals surface area contributed by atoms with E-state index < -0.39 is 5.97 Å². The van der Waals surface area contributed by atoms with E-state index in [0.717, 1.165) is 66.6 Å². The highest BCUT2D eigenvalue weighted by molar-refractivity contribution is 5.95. The van der Waals surface area contributed by atoms with Crippen molar-refractivity contribution in [2.24, 2.45) is 5.92 Å². The number of hydrogen-bond acceptors (Lipinski definition) is 4. The Kier molecular flexibility index (Phi) is 6.73. The summed E-state index contributed by atoms with van der Waals surface area (Å²) in [5.41, 5.74) is 5.17. The van der Waals surface area contributed by atoms with E-state index in [-0.39, 0.29) is 30.0 Å². The molecule has 1 amide bonds. The molecule has 3 aromatic rings. The number of aryl methyl sites for hydroxylation is 1. The van der Waals surface area contributed by atoms with Gasteiger partial charge in [0.1, 0.15) is 5.82 Å². The highest BCUT2D eigenvalue weighted by Gasteiger charge is 2.34. The molecule has 5 rings (SSSR count). The standard InChI is InChI=1S/C29H35N3O4/c1-18(16-20-8-5-4-6-9-20)27-30-26-23-13-12-19(2)31(29(35)36-3)24(23)14-15-25(26)32(27)22-11-7-10-21(17-22)28(33)34/h4-6,8-9,14-15,18-19,21-22H,7,10-13,16-17H2,1-3H3,(H,33,34)/t18?,19-,21+,22+/m0/s1. The first kappa shape index (κ1) is 24.3. The average molecular weight is 490 g/mol. The Morgan fingerprint density at radius 1 is 1.14 bits per heavy atom. The van der Waals surface area contributed by atoms with Gasteiger partial charge in [-0.05, 0) is 63.1 Å². The Morgan fingerprint density at radius 2 is 1.92 bits per heavy atom. The third-order valence-corrected chi connectivity index (χ3v) is 8.04. The van der Waals surface area contributed by atoms with Crippen LogP contribution < -0.4 is 4.90 Å². The van der Waals surface area contributed by atoms with Crippen LogP contribution in [0.25, 0.3) is 11.0 Å². The minimum absolute atomic E-state index is 0.0515. The van der Waals surface area contributed by atoms with E-state index in [1.807, 2.05) is 19.1 Å². The average Bonchev–Trinajstić information content (AvgIpc) is 3.29. The maximum Gasteiger partial charge on any atom is 0.414 e. The van der Waals surface area contributed by atoms with E-state index in [0.29, 0.717) is 6.42 Å². The van der Waals surface area contributed by atoms with Gasteiger partial charge in [0.25, 0.3) is 0 Å². The number of ether oxygens (including phenoxy) is 1. The third-order valence-electron chi connectivity index (χ3n) is 8.04. The van der Waals surface area contributed by atoms with Gasteiger partial charge in [0.05, 0.1) is 29.7 Å². The number of benzene rings is 2. The van der Waals surface area contributed by atoms with Crippen LogP contribution in [0.5, 0.6) is 0 Å². The van der Waals surface area contributed by atoms with Crippen molar-refractivity contribution in [1.29, 1.82) is 0 Å². The quantitative estimate of drug-likeness (QED) is 0.468. The Balaban J connectivity index is 1.64. The summed E-state index contributed by atoms with van der Waals surface area (Å²) < 4.78 is 7.43. The lowest BCUT2D eigenvalue weighted by Gasteiger charge is -2.34. The van der Waals surface area contributed by atoms with Crippen molar-refractivity contribution in [3.8, 4) is 0 Å². The van der Waals surface area contributed by atoms with Gasteiger partial charge >= 0.3 is 12.1 Å². The number of carboxylic acids is 1. The number of fused-ring (bicyclic) bond motifs is 3. The zero-order chi connectivity index (χ0) is 25.4. The molecular weight excluding hydrogens is 454 g/mol. The molecule has 7 heteroatoms. The normalized spacial score (nSPS) is 22.8. The number of rotatable bonds is 5. The molecule has 0 spiro atoms. The maximum absolute atomic E-state index is 12.6. The first-order chi connectivity index (χ1) is 17.4. The molecular formula is C29H35N3O4. The summed E-state index contributed by atoms with van der Waals surface area (Å²) in [5.74, 6) is 0.122. The second kappa shape index (κ2) is 9.96. The van der Waals surface area contributed by atoms with Gasteiger partial charge in [-0.2, -0.15) is 0 Å². The first-order valence-electron chi connectivity index (χ1n) is 13.1. The fourth-order valence-electron chi connectivity index (χ4n) is 6.21. The molecule has 1 unspecified atom stereocenters. The smallest absolute Gasteiger partial charge is 0.414 e. The Bertz CT molecular complexity index is 1270. The molecule has 1 saturated carbocycles. The fourth-order valence-corrected chi connectivity index (χ4v) is 6.21. The molecule has 0 radical (unpaired) electrons. The molecule has 2 aromatic carbocycles. The van der Waals surface area contributed by atoms with E-state index >= 15 is 0 Å². The summed E-state index contributed by atoms with van der Waals surface area (Å²) in [6, 6.07) is 14.7. The number of methoxy groups -OCH3 is 1. The number of aromatic nitrogens is 2. The summed E-state index contributed by atoms with van der Waals surface area (Å²) in [6.45, 7) is 4.25. The van der Waals surface area contributed by atoms with Crippen molar-refractivity contribution in [3.63, 3.8) is 0 Å². The second-order valence-corrected chi connectivity index (χ2v) is 10.4. The van der Waals surface area contributed by atoms with Crippen molar-refractivity contribution in [2.45, 2.75) is 76.8 Å². The lowest BCUT2D eigenvalue weighted by molar-refractivity contribution is -0.143. The molecule has 2 aliphatic rings. The predicted octanol–water partition coefficient (Wildman–Crippen LogP) is 6.11. The third kappa shape index (κ3) is 4.36. The van der Waals surface area contributed by atoms with Crippen molar-refractivity contribution in [2.75, 3.05) is 12.0 Å². The van der Waals surface area contributed by atoms with Gasteiger partial charge in [-0.3, -0.25) is 9.69 Å². The number of amides is 1. The number of carbonyl (C=O) groups is 2. The summed E-state index contributed by atoms with van der Waals surface area (Å²) in [7, 11) is 1.42. The minimum Gasteiger partial charge on any atom is -0.481 e. The molecule has 0 saturated heterocycles. The van der Waals surface area contributed by atoms with E-state index in [1.54, 1.807) is 4.90 Å². The molecule has 36 heavy (non-hydrogen) atoms.